The number of rotatable bonds is 3. The van der Waals surface area contributed by atoms with Gasteiger partial charge in [0.2, 0.25) is 5.91 Å². The van der Waals surface area contributed by atoms with E-state index >= 15 is 0 Å². The summed E-state index contributed by atoms with van der Waals surface area (Å²) in [6.07, 6.45) is 0. The number of aryl methyl sites for hydroxylation is 1. The summed E-state index contributed by atoms with van der Waals surface area (Å²) in [6.45, 7) is 5.60. The van der Waals surface area contributed by atoms with Gasteiger partial charge in [-0.2, -0.15) is 12.6 Å². The predicted molar refractivity (Wildman–Crippen MR) is 67.4 cm³/mol. The second kappa shape index (κ2) is 5.34. The molecule has 1 unspecified atom stereocenters. The summed E-state index contributed by atoms with van der Waals surface area (Å²) in [4.78, 5) is 11.7. The molecule has 0 bridgehead atoms. The first-order valence-electron chi connectivity index (χ1n) is 5.17. The van der Waals surface area contributed by atoms with E-state index in [9.17, 15) is 9.18 Å². The molecule has 1 N–H and O–H groups in total. The molecule has 4 heteroatoms. The van der Waals surface area contributed by atoms with Gasteiger partial charge in [0.05, 0.1) is 5.25 Å². The molecule has 1 atom stereocenters. The zero-order valence-corrected chi connectivity index (χ0v) is 10.5. The Hall–Kier alpha value is -1.03. The number of carbonyl (C=O) groups is 1. The Bertz CT molecular complexity index is 393. The van der Waals surface area contributed by atoms with Crippen LogP contribution in [0.25, 0.3) is 0 Å². The molecule has 1 aromatic rings. The second-order valence-electron chi connectivity index (χ2n) is 4.14. The van der Waals surface area contributed by atoms with Gasteiger partial charge in [-0.3, -0.25) is 4.79 Å². The van der Waals surface area contributed by atoms with Crippen molar-refractivity contribution in [3.05, 3.63) is 29.6 Å². The van der Waals surface area contributed by atoms with Crippen LogP contribution in [0, 0.1) is 18.7 Å². The monoisotopic (exact) mass is 241 g/mol. The normalized spacial score (nSPS) is 12.6. The fraction of sp³-hybridized carbons (Fsp3) is 0.417. The average Bonchev–Trinajstić information content (AvgIpc) is 2.20. The lowest BCUT2D eigenvalue weighted by Gasteiger charge is -2.15. The third kappa shape index (κ3) is 3.23. The molecule has 0 aromatic heterocycles. The molecule has 0 spiro atoms. The predicted octanol–water partition coefficient (Wildman–Crippen LogP) is 3.03. The van der Waals surface area contributed by atoms with Crippen LogP contribution >= 0.6 is 12.6 Å². The molecule has 0 radical (unpaired) electrons. The van der Waals surface area contributed by atoms with E-state index in [4.69, 9.17) is 0 Å². The van der Waals surface area contributed by atoms with E-state index in [-0.39, 0.29) is 22.9 Å². The highest BCUT2D eigenvalue weighted by atomic mass is 32.1. The topological polar surface area (TPSA) is 29.1 Å². The summed E-state index contributed by atoms with van der Waals surface area (Å²) >= 11 is 4.22. The summed E-state index contributed by atoms with van der Waals surface area (Å²) < 4.78 is 12.8. The van der Waals surface area contributed by atoms with Crippen LogP contribution in [0.2, 0.25) is 0 Å². The third-order valence-electron chi connectivity index (χ3n) is 2.35. The zero-order valence-electron chi connectivity index (χ0n) is 9.62. The number of nitrogens with one attached hydrogen (secondary N) is 1. The van der Waals surface area contributed by atoms with Gasteiger partial charge in [0.1, 0.15) is 5.82 Å². The molecule has 1 aromatic carbocycles. The Morgan fingerprint density at radius 1 is 1.44 bits per heavy atom. The number of hydrogen-bond acceptors (Lipinski definition) is 2. The summed E-state index contributed by atoms with van der Waals surface area (Å²) in [6, 6.07) is 4.27. The number of carbonyl (C=O) groups excluding carboxylic acids is 1. The minimum Gasteiger partial charge on any atom is -0.325 e. The molecule has 1 rings (SSSR count). The molecular weight excluding hydrogens is 225 g/mol. The molecule has 0 saturated carbocycles. The van der Waals surface area contributed by atoms with E-state index in [1.165, 1.54) is 12.1 Å². The van der Waals surface area contributed by atoms with Gasteiger partial charge in [-0.1, -0.05) is 13.8 Å². The lowest BCUT2D eigenvalue weighted by molar-refractivity contribution is -0.116. The zero-order chi connectivity index (χ0) is 12.3. The maximum absolute atomic E-state index is 12.8. The maximum Gasteiger partial charge on any atom is 0.237 e. The third-order valence-corrected chi connectivity index (χ3v) is 3.18. The minimum atomic E-state index is -0.357. The van der Waals surface area contributed by atoms with Crippen molar-refractivity contribution in [3.8, 4) is 0 Å². The van der Waals surface area contributed by atoms with Crippen LogP contribution in [0.5, 0.6) is 0 Å². The minimum absolute atomic E-state index is 0.157. The fourth-order valence-electron chi connectivity index (χ4n) is 1.28. The van der Waals surface area contributed by atoms with Crippen LogP contribution in [0.15, 0.2) is 18.2 Å². The largest absolute Gasteiger partial charge is 0.325 e. The van der Waals surface area contributed by atoms with Crippen LogP contribution < -0.4 is 5.32 Å². The van der Waals surface area contributed by atoms with Crippen molar-refractivity contribution in [3.63, 3.8) is 0 Å². The summed E-state index contributed by atoms with van der Waals surface area (Å²) in [7, 11) is 0. The number of benzene rings is 1. The highest BCUT2D eigenvalue weighted by molar-refractivity contribution is 7.81. The molecular formula is C12H16FNOS. The SMILES string of the molecule is Cc1cc(F)ccc1NC(=O)C(S)C(C)C. The van der Waals surface area contributed by atoms with Crippen LogP contribution in [-0.2, 0) is 4.79 Å². The van der Waals surface area contributed by atoms with Crippen LogP contribution in [0.3, 0.4) is 0 Å². The Balaban J connectivity index is 2.77. The van der Waals surface area contributed by atoms with E-state index < -0.39 is 0 Å². The smallest absolute Gasteiger partial charge is 0.237 e. The van der Waals surface area contributed by atoms with Gasteiger partial charge in [0.25, 0.3) is 0 Å². The van der Waals surface area contributed by atoms with Crippen molar-refractivity contribution in [2.45, 2.75) is 26.0 Å². The van der Waals surface area contributed by atoms with Gasteiger partial charge >= 0.3 is 0 Å². The van der Waals surface area contributed by atoms with Crippen molar-refractivity contribution < 1.29 is 9.18 Å². The molecule has 0 aliphatic carbocycles. The Morgan fingerprint density at radius 3 is 2.56 bits per heavy atom. The van der Waals surface area contributed by atoms with Crippen LogP contribution in [0.1, 0.15) is 19.4 Å². The van der Waals surface area contributed by atoms with Gasteiger partial charge in [-0.25, -0.2) is 4.39 Å². The summed E-state index contributed by atoms with van der Waals surface area (Å²) in [5, 5.41) is 2.38. The second-order valence-corrected chi connectivity index (χ2v) is 4.69. The van der Waals surface area contributed by atoms with E-state index in [1.54, 1.807) is 13.0 Å². The van der Waals surface area contributed by atoms with Crippen LogP contribution in [0.4, 0.5) is 10.1 Å². The number of halogens is 1. The number of anilines is 1. The number of hydrogen-bond donors (Lipinski definition) is 2. The molecule has 0 aliphatic rings. The van der Waals surface area contributed by atoms with Crippen molar-refractivity contribution in [1.82, 2.24) is 0 Å². The molecule has 2 nitrogen and oxygen atoms in total. The Labute approximate surface area is 101 Å². The lowest BCUT2D eigenvalue weighted by atomic mass is 10.1. The fourth-order valence-corrected chi connectivity index (χ4v) is 1.34. The molecule has 0 heterocycles. The van der Waals surface area contributed by atoms with Crippen molar-refractivity contribution in [2.24, 2.45) is 5.92 Å². The van der Waals surface area contributed by atoms with E-state index in [0.717, 1.165) is 0 Å². The van der Waals surface area contributed by atoms with E-state index in [2.05, 4.69) is 17.9 Å². The van der Waals surface area contributed by atoms with Crippen molar-refractivity contribution >= 4 is 24.2 Å². The summed E-state index contributed by atoms with van der Waals surface area (Å²) in [5.74, 6) is -0.307. The van der Waals surface area contributed by atoms with Crippen LogP contribution in [-0.4, -0.2) is 11.2 Å². The Morgan fingerprint density at radius 2 is 2.06 bits per heavy atom. The van der Waals surface area contributed by atoms with Gasteiger partial charge in [-0.15, -0.1) is 0 Å². The average molecular weight is 241 g/mol. The molecule has 0 saturated heterocycles. The highest BCUT2D eigenvalue weighted by Crippen LogP contribution is 2.18. The highest BCUT2D eigenvalue weighted by Gasteiger charge is 2.18. The molecule has 16 heavy (non-hydrogen) atoms. The van der Waals surface area contributed by atoms with Gasteiger partial charge in [0, 0.05) is 5.69 Å². The Kier molecular flexibility index (Phi) is 4.35. The van der Waals surface area contributed by atoms with Gasteiger partial charge in [-0.05, 0) is 36.6 Å². The number of thiol groups is 1. The first-order valence-corrected chi connectivity index (χ1v) is 5.68. The molecule has 0 aliphatic heterocycles. The maximum atomic E-state index is 12.8. The number of amides is 1. The van der Waals surface area contributed by atoms with Crippen molar-refractivity contribution in [1.29, 1.82) is 0 Å². The van der Waals surface area contributed by atoms with E-state index in [0.29, 0.717) is 11.3 Å². The first kappa shape index (κ1) is 13.0. The first-order chi connectivity index (χ1) is 7.41. The summed E-state index contributed by atoms with van der Waals surface area (Å²) in [5.41, 5.74) is 1.34. The van der Waals surface area contributed by atoms with Gasteiger partial charge in [0.15, 0.2) is 0 Å². The lowest BCUT2D eigenvalue weighted by Crippen LogP contribution is -2.27. The quantitative estimate of drug-likeness (QED) is 0.783. The van der Waals surface area contributed by atoms with E-state index in [1.807, 2.05) is 13.8 Å². The molecule has 88 valence electrons. The van der Waals surface area contributed by atoms with Crippen molar-refractivity contribution in [2.75, 3.05) is 5.32 Å². The standard InChI is InChI=1S/C12H16FNOS/c1-7(2)11(16)12(15)14-10-5-4-9(13)6-8(10)3/h4-7,11,16H,1-3H3,(H,14,15). The molecule has 0 fully saturated rings. The molecule has 1 amide bonds. The van der Waals surface area contributed by atoms with Gasteiger partial charge < -0.3 is 5.32 Å².